The fourth-order valence-corrected chi connectivity index (χ4v) is 1.36. The average Bonchev–Trinajstić information content (AvgIpc) is 1.86. The van der Waals surface area contributed by atoms with E-state index in [9.17, 15) is 12.8 Å². The molecule has 1 heterocycles. The molecule has 0 bridgehead atoms. The summed E-state index contributed by atoms with van der Waals surface area (Å²) in [4.78, 5) is 3.15. The highest BCUT2D eigenvalue weighted by molar-refractivity contribution is 8.04. The second-order valence-electron chi connectivity index (χ2n) is 2.12. The molecule has 0 aliphatic carbocycles. The predicted molar refractivity (Wildman–Crippen MR) is 39.0 cm³/mol. The highest BCUT2D eigenvalue weighted by atomic mass is 32.2. The number of rotatable bonds is 0. The maximum absolute atomic E-state index is 12.3. The molecule has 2 N–H and O–H groups in total. The number of sulfonamides is 1. The summed E-state index contributed by atoms with van der Waals surface area (Å²) in [5, 5.41) is 4.44. The van der Waals surface area contributed by atoms with Crippen LogP contribution < -0.4 is 5.14 Å². The largest absolute Gasteiger partial charge is 0.251 e. The first-order valence-corrected chi connectivity index (χ1v) is 4.51. The summed E-state index contributed by atoms with van der Waals surface area (Å²) < 4.78 is 33.5. The lowest BCUT2D eigenvalue weighted by Gasteiger charge is -2.04. The van der Waals surface area contributed by atoms with Crippen LogP contribution in [0.25, 0.3) is 0 Å². The zero-order valence-corrected chi connectivity index (χ0v) is 6.44. The zero-order chi connectivity index (χ0) is 8.48. The monoisotopic (exact) mass is 178 g/mol. The number of halogens is 1. The van der Waals surface area contributed by atoms with Gasteiger partial charge >= 0.3 is 0 Å². The van der Waals surface area contributed by atoms with Gasteiger partial charge in [-0.1, -0.05) is 0 Å². The maximum atomic E-state index is 12.3. The van der Waals surface area contributed by atoms with Gasteiger partial charge in [-0.3, -0.25) is 0 Å². The summed E-state index contributed by atoms with van der Waals surface area (Å²) in [6.45, 7) is 0. The predicted octanol–water partition coefficient (Wildman–Crippen LogP) is 0.278. The van der Waals surface area contributed by atoms with Crippen molar-refractivity contribution >= 4 is 15.1 Å². The molecule has 0 amide bonds. The fraction of sp³-hybridized carbons (Fsp3) is 0.400. The number of hydrogen-bond donors (Lipinski definition) is 1. The van der Waals surface area contributed by atoms with E-state index in [1.54, 1.807) is 0 Å². The minimum Gasteiger partial charge on any atom is -0.224 e. The molecule has 11 heavy (non-hydrogen) atoms. The Balaban J connectivity index is 3.00. The molecule has 0 saturated heterocycles. The Morgan fingerprint density at radius 3 is 2.64 bits per heavy atom. The second-order valence-corrected chi connectivity index (χ2v) is 3.68. The van der Waals surface area contributed by atoms with E-state index >= 15 is 0 Å². The van der Waals surface area contributed by atoms with E-state index in [-0.39, 0.29) is 11.5 Å². The lowest BCUT2D eigenvalue weighted by atomic mass is 10.3. The number of allylic oxidation sites excluding steroid dienone is 1. The van der Waals surface area contributed by atoms with Crippen LogP contribution >= 0.6 is 0 Å². The number of hydrogen-bond acceptors (Lipinski definition) is 3. The van der Waals surface area contributed by atoms with Crippen molar-refractivity contribution in [2.75, 3.05) is 0 Å². The number of nitrogens with two attached hydrogens (primary N) is 1. The lowest BCUT2D eigenvalue weighted by Crippen LogP contribution is -2.24. The van der Waals surface area contributed by atoms with E-state index in [1.165, 1.54) is 6.08 Å². The van der Waals surface area contributed by atoms with Gasteiger partial charge in [0, 0.05) is 6.42 Å². The van der Waals surface area contributed by atoms with Crippen LogP contribution in [0.15, 0.2) is 17.0 Å². The molecular weight excluding hydrogens is 171 g/mol. The third-order valence-electron chi connectivity index (χ3n) is 1.23. The van der Waals surface area contributed by atoms with Crippen molar-refractivity contribution in [1.82, 2.24) is 0 Å². The highest BCUT2D eigenvalue weighted by Crippen LogP contribution is 2.13. The third-order valence-corrected chi connectivity index (χ3v) is 2.18. The van der Waals surface area contributed by atoms with Crippen LogP contribution in [0, 0.1) is 0 Å². The summed E-state index contributed by atoms with van der Waals surface area (Å²) in [5.41, 5.74) is 0. The summed E-state index contributed by atoms with van der Waals surface area (Å²) in [6, 6.07) is 0. The molecule has 0 radical (unpaired) electrons. The fourth-order valence-electron chi connectivity index (χ4n) is 0.741. The quantitative estimate of drug-likeness (QED) is 0.541. The number of primary sulfonamides is 1. The molecule has 0 saturated carbocycles. The van der Waals surface area contributed by atoms with Crippen molar-refractivity contribution in [3.05, 3.63) is 12.0 Å². The molecule has 1 aliphatic heterocycles. The molecule has 6 heteroatoms. The van der Waals surface area contributed by atoms with Crippen molar-refractivity contribution in [2.45, 2.75) is 12.8 Å². The Kier molecular flexibility index (Phi) is 2.05. The van der Waals surface area contributed by atoms with Gasteiger partial charge in [0.25, 0.3) is 10.0 Å². The van der Waals surface area contributed by atoms with Crippen LogP contribution in [0.1, 0.15) is 12.8 Å². The Morgan fingerprint density at radius 1 is 1.64 bits per heavy atom. The topological polar surface area (TPSA) is 72.5 Å². The molecule has 0 aromatic rings. The number of nitrogens with zero attached hydrogens (tertiary/aromatic N) is 1. The normalized spacial score (nSPS) is 19.1. The maximum Gasteiger partial charge on any atom is 0.251 e. The molecule has 1 aliphatic rings. The first kappa shape index (κ1) is 8.35. The Bertz CT molecular complexity index is 317. The van der Waals surface area contributed by atoms with Crippen LogP contribution in [0.5, 0.6) is 0 Å². The van der Waals surface area contributed by atoms with Crippen LogP contribution in [0.3, 0.4) is 0 Å². The van der Waals surface area contributed by atoms with E-state index in [2.05, 4.69) is 4.99 Å². The molecule has 0 unspecified atom stereocenters. The summed E-state index contributed by atoms with van der Waals surface area (Å²) in [7, 11) is -3.79. The summed E-state index contributed by atoms with van der Waals surface area (Å²) in [6.07, 6.45) is 1.74. The van der Waals surface area contributed by atoms with E-state index < -0.39 is 16.0 Å². The van der Waals surface area contributed by atoms with Gasteiger partial charge in [-0.25, -0.2) is 18.5 Å². The SMILES string of the molecule is NS(=O)(=O)C1=NC(F)=CCC1. The smallest absolute Gasteiger partial charge is 0.224 e. The van der Waals surface area contributed by atoms with Crippen molar-refractivity contribution in [2.24, 2.45) is 10.1 Å². The molecule has 0 atom stereocenters. The highest BCUT2D eigenvalue weighted by Gasteiger charge is 2.16. The van der Waals surface area contributed by atoms with Crippen LogP contribution in [0.2, 0.25) is 0 Å². The molecule has 0 fully saturated rings. The minimum atomic E-state index is -3.79. The van der Waals surface area contributed by atoms with Crippen LogP contribution in [0.4, 0.5) is 4.39 Å². The first-order chi connectivity index (χ1) is 5.00. The minimum absolute atomic E-state index is 0.187. The van der Waals surface area contributed by atoms with Crippen molar-refractivity contribution in [1.29, 1.82) is 0 Å². The molecule has 4 nitrogen and oxygen atoms in total. The van der Waals surface area contributed by atoms with Gasteiger partial charge in [0.1, 0.15) is 0 Å². The molecule has 0 aromatic heterocycles. The Labute approximate surface area is 63.7 Å². The van der Waals surface area contributed by atoms with Gasteiger partial charge in [0.2, 0.25) is 5.95 Å². The molecule has 0 spiro atoms. The van der Waals surface area contributed by atoms with E-state index in [1.807, 2.05) is 0 Å². The third kappa shape index (κ3) is 2.09. The molecule has 62 valence electrons. The Hall–Kier alpha value is -0.750. The van der Waals surface area contributed by atoms with E-state index in [4.69, 9.17) is 5.14 Å². The van der Waals surface area contributed by atoms with Gasteiger partial charge in [-0.05, 0) is 12.5 Å². The van der Waals surface area contributed by atoms with Gasteiger partial charge in [-0.2, -0.15) is 4.39 Å². The summed E-state index contributed by atoms with van der Waals surface area (Å²) in [5.74, 6) is -0.778. The standard InChI is InChI=1S/C5H7FN2O2S/c6-4-2-1-3-5(8-4)11(7,9)10/h2H,1,3H2,(H2,7,9,10). The molecule has 0 aromatic carbocycles. The lowest BCUT2D eigenvalue weighted by molar-refractivity contribution is 0.600. The molecule has 1 rings (SSSR count). The average molecular weight is 178 g/mol. The van der Waals surface area contributed by atoms with Crippen molar-refractivity contribution in [3.8, 4) is 0 Å². The second kappa shape index (κ2) is 2.71. The van der Waals surface area contributed by atoms with Gasteiger partial charge in [-0.15, -0.1) is 0 Å². The van der Waals surface area contributed by atoms with Gasteiger partial charge in [0.15, 0.2) is 5.04 Å². The van der Waals surface area contributed by atoms with Crippen molar-refractivity contribution in [3.63, 3.8) is 0 Å². The Morgan fingerprint density at radius 2 is 2.27 bits per heavy atom. The number of aliphatic imine (C=N–C) groups is 1. The first-order valence-electron chi connectivity index (χ1n) is 2.96. The van der Waals surface area contributed by atoms with E-state index in [0.29, 0.717) is 6.42 Å². The zero-order valence-electron chi connectivity index (χ0n) is 5.62. The van der Waals surface area contributed by atoms with Gasteiger partial charge < -0.3 is 0 Å². The molecular formula is C5H7FN2O2S. The summed E-state index contributed by atoms with van der Waals surface area (Å²) >= 11 is 0. The van der Waals surface area contributed by atoms with Crippen LogP contribution in [-0.4, -0.2) is 13.5 Å². The van der Waals surface area contributed by atoms with Crippen LogP contribution in [-0.2, 0) is 10.0 Å². The van der Waals surface area contributed by atoms with E-state index in [0.717, 1.165) is 0 Å². The van der Waals surface area contributed by atoms with Crippen molar-refractivity contribution < 1.29 is 12.8 Å². The van der Waals surface area contributed by atoms with Gasteiger partial charge in [0.05, 0.1) is 0 Å².